The number of methoxy groups -OCH3 is 1. The van der Waals surface area contributed by atoms with E-state index in [0.717, 1.165) is 44.1 Å². The molecule has 0 radical (unpaired) electrons. The summed E-state index contributed by atoms with van der Waals surface area (Å²) in [5.41, 5.74) is 1.35. The number of guanidine groups is 1. The van der Waals surface area contributed by atoms with Gasteiger partial charge >= 0.3 is 0 Å². The molecule has 1 aromatic carbocycles. The highest BCUT2D eigenvalue weighted by atomic mass is 127. The molecule has 0 amide bonds. The monoisotopic (exact) mass is 449 g/mol. The van der Waals surface area contributed by atoms with Crippen molar-refractivity contribution in [1.29, 1.82) is 0 Å². The Morgan fingerprint density at radius 1 is 1.33 bits per heavy atom. The van der Waals surface area contributed by atoms with Crippen LogP contribution in [0.5, 0.6) is 0 Å². The summed E-state index contributed by atoms with van der Waals surface area (Å²) in [6.07, 6.45) is 5.67. The molecule has 0 bridgehead atoms. The Morgan fingerprint density at radius 2 is 2.12 bits per heavy atom. The third kappa shape index (κ3) is 6.55. The molecule has 6 heteroatoms. The van der Waals surface area contributed by atoms with E-state index in [0.29, 0.717) is 5.41 Å². The largest absolute Gasteiger partial charge is 0.385 e. The van der Waals surface area contributed by atoms with Gasteiger partial charge in [-0.15, -0.1) is 24.0 Å². The van der Waals surface area contributed by atoms with Crippen molar-refractivity contribution in [3.05, 3.63) is 35.6 Å². The van der Waals surface area contributed by atoms with Crippen molar-refractivity contribution in [2.24, 2.45) is 10.4 Å². The minimum atomic E-state index is -0.185. The van der Waals surface area contributed by atoms with Crippen molar-refractivity contribution in [3.63, 3.8) is 0 Å². The maximum absolute atomic E-state index is 13.2. The van der Waals surface area contributed by atoms with Crippen LogP contribution < -0.4 is 10.6 Å². The third-order valence-electron chi connectivity index (χ3n) is 4.70. The Hall–Kier alpha value is -0.890. The van der Waals surface area contributed by atoms with Crippen LogP contribution in [0.15, 0.2) is 29.3 Å². The second-order valence-corrected chi connectivity index (χ2v) is 6.33. The average Bonchev–Trinajstić information content (AvgIpc) is 2.51. The van der Waals surface area contributed by atoms with Gasteiger partial charge in [-0.2, -0.15) is 0 Å². The van der Waals surface area contributed by atoms with E-state index in [1.165, 1.54) is 25.3 Å². The van der Waals surface area contributed by atoms with E-state index >= 15 is 0 Å². The van der Waals surface area contributed by atoms with Crippen LogP contribution in [0, 0.1) is 11.2 Å². The van der Waals surface area contributed by atoms with Crippen molar-refractivity contribution in [2.75, 3.05) is 33.9 Å². The highest BCUT2D eigenvalue weighted by Gasteiger charge is 2.36. The maximum Gasteiger partial charge on any atom is 0.191 e. The van der Waals surface area contributed by atoms with Gasteiger partial charge in [0.1, 0.15) is 5.82 Å². The summed E-state index contributed by atoms with van der Waals surface area (Å²) in [5.74, 6) is 0.625. The Kier molecular flexibility index (Phi) is 9.58. The molecule has 2 N–H and O–H groups in total. The summed E-state index contributed by atoms with van der Waals surface area (Å²) >= 11 is 0. The molecule has 1 aliphatic rings. The second-order valence-electron chi connectivity index (χ2n) is 6.33. The molecule has 0 aliphatic heterocycles. The summed E-state index contributed by atoms with van der Waals surface area (Å²) in [6.45, 7) is 2.47. The van der Waals surface area contributed by atoms with E-state index in [4.69, 9.17) is 4.74 Å². The molecule has 136 valence electrons. The number of nitrogens with one attached hydrogen (secondary N) is 2. The van der Waals surface area contributed by atoms with Crippen LogP contribution in [0.4, 0.5) is 4.39 Å². The smallest absolute Gasteiger partial charge is 0.191 e. The fourth-order valence-electron chi connectivity index (χ4n) is 3.02. The van der Waals surface area contributed by atoms with Gasteiger partial charge < -0.3 is 15.4 Å². The summed E-state index contributed by atoms with van der Waals surface area (Å²) in [7, 11) is 3.53. The molecule has 1 aliphatic carbocycles. The molecule has 0 atom stereocenters. The molecular weight excluding hydrogens is 420 g/mol. The quantitative estimate of drug-likeness (QED) is 0.364. The summed E-state index contributed by atoms with van der Waals surface area (Å²) in [5, 5.41) is 6.73. The Labute approximate surface area is 161 Å². The standard InChI is InChI=1S/C18H28FN3O.HI/c1-20-17(21-11-7-15-5-3-6-16(19)13-15)22-14-18(8-4-9-18)10-12-23-2;/h3,5-6,13H,4,7-12,14H2,1-2H3,(H2,20,21,22);1H. The van der Waals surface area contributed by atoms with Gasteiger partial charge in [-0.1, -0.05) is 18.6 Å². The molecule has 0 unspecified atom stereocenters. The molecule has 2 rings (SSSR count). The number of aliphatic imine (C=N–C) groups is 1. The fraction of sp³-hybridized carbons (Fsp3) is 0.611. The van der Waals surface area contributed by atoms with Gasteiger partial charge in [-0.05, 0) is 48.8 Å². The van der Waals surface area contributed by atoms with Crippen molar-refractivity contribution in [2.45, 2.75) is 32.1 Å². The zero-order valence-corrected chi connectivity index (χ0v) is 16.9. The van der Waals surface area contributed by atoms with E-state index in [9.17, 15) is 4.39 Å². The molecule has 0 heterocycles. The first-order valence-electron chi connectivity index (χ1n) is 8.35. The molecule has 0 aromatic heterocycles. The van der Waals surface area contributed by atoms with Crippen LogP contribution in [0.3, 0.4) is 0 Å². The molecule has 1 saturated carbocycles. The van der Waals surface area contributed by atoms with Crippen molar-refractivity contribution < 1.29 is 9.13 Å². The number of halogens is 2. The minimum absolute atomic E-state index is 0. The van der Waals surface area contributed by atoms with Crippen LogP contribution in [-0.2, 0) is 11.2 Å². The van der Waals surface area contributed by atoms with Gasteiger partial charge in [0.05, 0.1) is 0 Å². The lowest BCUT2D eigenvalue weighted by molar-refractivity contribution is 0.0732. The van der Waals surface area contributed by atoms with Crippen LogP contribution in [0.2, 0.25) is 0 Å². The minimum Gasteiger partial charge on any atom is -0.385 e. The molecule has 0 spiro atoms. The Balaban J connectivity index is 0.00000288. The van der Waals surface area contributed by atoms with E-state index in [1.807, 2.05) is 6.07 Å². The highest BCUT2D eigenvalue weighted by Crippen LogP contribution is 2.43. The van der Waals surface area contributed by atoms with Gasteiger partial charge in [-0.3, -0.25) is 4.99 Å². The zero-order valence-electron chi connectivity index (χ0n) is 14.6. The third-order valence-corrected chi connectivity index (χ3v) is 4.70. The number of benzene rings is 1. The molecule has 24 heavy (non-hydrogen) atoms. The van der Waals surface area contributed by atoms with Crippen molar-refractivity contribution >= 4 is 29.9 Å². The van der Waals surface area contributed by atoms with Crippen LogP contribution >= 0.6 is 24.0 Å². The van der Waals surface area contributed by atoms with Crippen LogP contribution in [0.1, 0.15) is 31.2 Å². The van der Waals surface area contributed by atoms with Gasteiger partial charge in [0.15, 0.2) is 5.96 Å². The lowest BCUT2D eigenvalue weighted by Crippen LogP contribution is -2.47. The molecular formula is C18H29FIN3O. The normalized spacial score (nSPS) is 16.0. The van der Waals surface area contributed by atoms with E-state index < -0.39 is 0 Å². The van der Waals surface area contributed by atoms with Gasteiger partial charge in [-0.25, -0.2) is 4.39 Å². The van der Waals surface area contributed by atoms with Crippen LogP contribution in [-0.4, -0.2) is 39.8 Å². The first-order chi connectivity index (χ1) is 11.2. The number of ether oxygens (including phenoxy) is 1. The highest BCUT2D eigenvalue weighted by molar-refractivity contribution is 14.0. The summed E-state index contributed by atoms with van der Waals surface area (Å²) in [4.78, 5) is 4.27. The average molecular weight is 449 g/mol. The van der Waals surface area contributed by atoms with Crippen molar-refractivity contribution in [1.82, 2.24) is 10.6 Å². The predicted molar refractivity (Wildman–Crippen MR) is 108 cm³/mol. The van der Waals surface area contributed by atoms with Gasteiger partial charge in [0.2, 0.25) is 0 Å². The number of hydrogen-bond acceptors (Lipinski definition) is 2. The topological polar surface area (TPSA) is 45.7 Å². The predicted octanol–water partition coefficient (Wildman–Crippen LogP) is 3.36. The number of nitrogens with zero attached hydrogens (tertiary/aromatic N) is 1. The molecule has 1 aromatic rings. The molecule has 4 nitrogen and oxygen atoms in total. The van der Waals surface area contributed by atoms with E-state index in [-0.39, 0.29) is 29.8 Å². The second kappa shape index (κ2) is 10.9. The van der Waals surface area contributed by atoms with Gasteiger partial charge in [0, 0.05) is 33.9 Å². The number of hydrogen-bond donors (Lipinski definition) is 2. The fourth-order valence-corrected chi connectivity index (χ4v) is 3.02. The lowest BCUT2D eigenvalue weighted by atomic mass is 9.67. The lowest BCUT2D eigenvalue weighted by Gasteiger charge is -2.42. The summed E-state index contributed by atoms with van der Waals surface area (Å²) in [6, 6.07) is 6.73. The van der Waals surface area contributed by atoms with Gasteiger partial charge in [0.25, 0.3) is 0 Å². The number of rotatable bonds is 8. The Bertz CT molecular complexity index is 521. The van der Waals surface area contributed by atoms with Crippen LogP contribution in [0.25, 0.3) is 0 Å². The first-order valence-corrected chi connectivity index (χ1v) is 8.35. The van der Waals surface area contributed by atoms with E-state index in [2.05, 4.69) is 15.6 Å². The van der Waals surface area contributed by atoms with Crippen molar-refractivity contribution in [3.8, 4) is 0 Å². The van der Waals surface area contributed by atoms with E-state index in [1.54, 1.807) is 26.3 Å². The zero-order chi connectivity index (χ0) is 16.5. The molecule has 1 fully saturated rings. The summed E-state index contributed by atoms with van der Waals surface area (Å²) < 4.78 is 18.4. The Morgan fingerprint density at radius 3 is 2.71 bits per heavy atom. The maximum atomic E-state index is 13.2. The molecule has 0 saturated heterocycles. The SMILES string of the molecule is CN=C(NCCc1cccc(F)c1)NCC1(CCOC)CCC1.I. The first kappa shape index (κ1) is 21.2.